The lowest BCUT2D eigenvalue weighted by molar-refractivity contribution is -0.125. The molecule has 20 heavy (non-hydrogen) atoms. The lowest BCUT2D eigenvalue weighted by atomic mass is 9.93. The summed E-state index contributed by atoms with van der Waals surface area (Å²) >= 11 is 0. The van der Waals surface area contributed by atoms with Crippen molar-refractivity contribution in [1.29, 1.82) is 0 Å². The minimum absolute atomic E-state index is 0.00815. The normalized spacial score (nSPS) is 24.1. The van der Waals surface area contributed by atoms with Gasteiger partial charge in [-0.15, -0.1) is 0 Å². The highest BCUT2D eigenvalue weighted by atomic mass is 19.1. The summed E-state index contributed by atoms with van der Waals surface area (Å²) in [6.07, 6.45) is 1.51. The molecule has 1 heterocycles. The van der Waals surface area contributed by atoms with Gasteiger partial charge in [0, 0.05) is 18.5 Å². The van der Waals surface area contributed by atoms with Gasteiger partial charge < -0.3 is 10.6 Å². The Hall–Kier alpha value is -1.42. The Kier molecular flexibility index (Phi) is 5.12. The minimum Gasteiger partial charge on any atom is -0.352 e. The summed E-state index contributed by atoms with van der Waals surface area (Å²) < 4.78 is 13.6. The number of hydrogen-bond donors (Lipinski definition) is 2. The van der Waals surface area contributed by atoms with Crippen LogP contribution in [0.25, 0.3) is 0 Å². The van der Waals surface area contributed by atoms with Gasteiger partial charge in [0.05, 0.1) is 0 Å². The molecule has 4 heteroatoms. The molecule has 2 rings (SSSR count). The number of carbonyl (C=O) groups excluding carboxylic acids is 1. The second kappa shape index (κ2) is 6.84. The fourth-order valence-electron chi connectivity index (χ4n) is 2.59. The zero-order valence-electron chi connectivity index (χ0n) is 12.2. The van der Waals surface area contributed by atoms with Crippen molar-refractivity contribution in [3.05, 3.63) is 35.6 Å². The van der Waals surface area contributed by atoms with Crippen LogP contribution in [-0.2, 0) is 11.2 Å². The van der Waals surface area contributed by atoms with Crippen molar-refractivity contribution in [2.75, 3.05) is 13.1 Å². The van der Waals surface area contributed by atoms with Crippen LogP contribution in [0.2, 0.25) is 0 Å². The Labute approximate surface area is 120 Å². The van der Waals surface area contributed by atoms with Crippen LogP contribution >= 0.6 is 0 Å². The second-order valence-corrected chi connectivity index (χ2v) is 5.78. The van der Waals surface area contributed by atoms with Crippen LogP contribution in [0.3, 0.4) is 0 Å². The van der Waals surface area contributed by atoms with Crippen molar-refractivity contribution in [3.63, 3.8) is 0 Å². The lowest BCUT2D eigenvalue weighted by Gasteiger charge is -2.31. The summed E-state index contributed by atoms with van der Waals surface area (Å²) in [5.74, 6) is 0.0375. The first kappa shape index (κ1) is 15.0. The molecule has 0 saturated carbocycles. The quantitative estimate of drug-likeness (QED) is 0.886. The molecule has 1 aromatic carbocycles. The van der Waals surface area contributed by atoms with E-state index < -0.39 is 0 Å². The largest absolute Gasteiger partial charge is 0.352 e. The average Bonchev–Trinajstić information content (AvgIpc) is 2.43. The van der Waals surface area contributed by atoms with Crippen molar-refractivity contribution < 1.29 is 9.18 Å². The molecule has 3 nitrogen and oxygen atoms in total. The first-order valence-electron chi connectivity index (χ1n) is 7.32. The van der Waals surface area contributed by atoms with Gasteiger partial charge in [0.2, 0.25) is 5.91 Å². The van der Waals surface area contributed by atoms with Gasteiger partial charge in [-0.1, -0.05) is 32.0 Å². The van der Waals surface area contributed by atoms with Gasteiger partial charge in [0.25, 0.3) is 0 Å². The van der Waals surface area contributed by atoms with Crippen LogP contribution in [0, 0.1) is 17.7 Å². The van der Waals surface area contributed by atoms with E-state index in [1.165, 1.54) is 6.07 Å². The maximum absolute atomic E-state index is 13.6. The molecule has 3 unspecified atom stereocenters. The van der Waals surface area contributed by atoms with E-state index in [0.717, 1.165) is 19.5 Å². The zero-order chi connectivity index (χ0) is 14.5. The summed E-state index contributed by atoms with van der Waals surface area (Å²) in [5, 5.41) is 6.38. The van der Waals surface area contributed by atoms with Crippen molar-refractivity contribution in [1.82, 2.24) is 10.6 Å². The number of benzene rings is 1. The lowest BCUT2D eigenvalue weighted by Crippen LogP contribution is -2.51. The van der Waals surface area contributed by atoms with Crippen LogP contribution in [0.15, 0.2) is 24.3 Å². The van der Waals surface area contributed by atoms with Crippen LogP contribution in [0.4, 0.5) is 4.39 Å². The number of halogens is 1. The van der Waals surface area contributed by atoms with Crippen LogP contribution in [0.1, 0.15) is 25.8 Å². The van der Waals surface area contributed by atoms with Crippen LogP contribution in [-0.4, -0.2) is 25.0 Å². The molecular weight excluding hydrogens is 255 g/mol. The SMILES string of the molecule is CC(Cc1ccccc1F)C(=O)NC1CNCCC1C. The summed E-state index contributed by atoms with van der Waals surface area (Å²) in [6, 6.07) is 6.82. The third-order valence-corrected chi connectivity index (χ3v) is 4.09. The third-order valence-electron chi connectivity index (χ3n) is 4.09. The fraction of sp³-hybridized carbons (Fsp3) is 0.562. The molecule has 2 N–H and O–H groups in total. The minimum atomic E-state index is -0.236. The van der Waals surface area contributed by atoms with Crippen molar-refractivity contribution in [2.24, 2.45) is 11.8 Å². The number of carbonyl (C=O) groups is 1. The molecule has 110 valence electrons. The highest BCUT2D eigenvalue weighted by molar-refractivity contribution is 5.79. The Morgan fingerprint density at radius 2 is 2.25 bits per heavy atom. The van der Waals surface area contributed by atoms with E-state index in [0.29, 0.717) is 17.9 Å². The van der Waals surface area contributed by atoms with Crippen LogP contribution < -0.4 is 10.6 Å². The first-order valence-corrected chi connectivity index (χ1v) is 7.32. The van der Waals surface area contributed by atoms with E-state index in [9.17, 15) is 9.18 Å². The van der Waals surface area contributed by atoms with E-state index in [2.05, 4.69) is 17.6 Å². The van der Waals surface area contributed by atoms with Crippen LogP contribution in [0.5, 0.6) is 0 Å². The third kappa shape index (κ3) is 3.79. The topological polar surface area (TPSA) is 41.1 Å². The molecule has 1 saturated heterocycles. The van der Waals surface area contributed by atoms with Gasteiger partial charge in [0.1, 0.15) is 5.82 Å². The number of amides is 1. The Morgan fingerprint density at radius 3 is 2.95 bits per heavy atom. The maximum atomic E-state index is 13.6. The van der Waals surface area contributed by atoms with Crippen molar-refractivity contribution in [3.8, 4) is 0 Å². The molecule has 0 aromatic heterocycles. The maximum Gasteiger partial charge on any atom is 0.223 e. The molecule has 1 aromatic rings. The molecule has 0 radical (unpaired) electrons. The van der Waals surface area contributed by atoms with Gasteiger partial charge in [-0.05, 0) is 36.9 Å². The summed E-state index contributed by atoms with van der Waals surface area (Å²) in [4.78, 5) is 12.2. The molecule has 0 spiro atoms. The Balaban J connectivity index is 1.90. The Morgan fingerprint density at radius 1 is 1.50 bits per heavy atom. The van der Waals surface area contributed by atoms with E-state index in [1.807, 2.05) is 6.92 Å². The molecule has 1 fully saturated rings. The van der Waals surface area contributed by atoms with E-state index >= 15 is 0 Å². The van der Waals surface area contributed by atoms with Crippen molar-refractivity contribution in [2.45, 2.75) is 32.7 Å². The molecule has 3 atom stereocenters. The molecule has 1 aliphatic rings. The van der Waals surface area contributed by atoms with Gasteiger partial charge in [-0.25, -0.2) is 4.39 Å². The summed E-state index contributed by atoms with van der Waals surface area (Å²) in [6.45, 7) is 5.84. The van der Waals surface area contributed by atoms with Crippen molar-refractivity contribution >= 4 is 5.91 Å². The fourth-order valence-corrected chi connectivity index (χ4v) is 2.59. The molecule has 1 aliphatic heterocycles. The van der Waals surface area contributed by atoms with Gasteiger partial charge in [-0.2, -0.15) is 0 Å². The number of piperidine rings is 1. The Bertz CT molecular complexity index is 464. The van der Waals surface area contributed by atoms with E-state index in [4.69, 9.17) is 0 Å². The highest BCUT2D eigenvalue weighted by Gasteiger charge is 2.24. The van der Waals surface area contributed by atoms with E-state index in [1.54, 1.807) is 18.2 Å². The average molecular weight is 278 g/mol. The molecule has 0 bridgehead atoms. The van der Waals surface area contributed by atoms with Gasteiger partial charge in [-0.3, -0.25) is 4.79 Å². The smallest absolute Gasteiger partial charge is 0.223 e. The monoisotopic (exact) mass is 278 g/mol. The summed E-state index contributed by atoms with van der Waals surface area (Å²) in [5.41, 5.74) is 0.602. The first-order chi connectivity index (χ1) is 9.58. The predicted octanol–water partition coefficient (Wildman–Crippen LogP) is 2.12. The molecule has 0 aliphatic carbocycles. The predicted molar refractivity (Wildman–Crippen MR) is 77.8 cm³/mol. The number of rotatable bonds is 4. The van der Waals surface area contributed by atoms with Gasteiger partial charge >= 0.3 is 0 Å². The highest BCUT2D eigenvalue weighted by Crippen LogP contribution is 2.15. The second-order valence-electron chi connectivity index (χ2n) is 5.78. The molecular formula is C16H23FN2O. The van der Waals surface area contributed by atoms with Gasteiger partial charge in [0.15, 0.2) is 0 Å². The standard InChI is InChI=1S/C16H23FN2O/c1-11-7-8-18-10-15(11)19-16(20)12(2)9-13-5-3-4-6-14(13)17/h3-6,11-12,15,18H,7-10H2,1-2H3,(H,19,20). The zero-order valence-corrected chi connectivity index (χ0v) is 12.2. The summed E-state index contributed by atoms with van der Waals surface area (Å²) in [7, 11) is 0. The number of hydrogen-bond acceptors (Lipinski definition) is 2. The molecule has 1 amide bonds. The number of nitrogens with one attached hydrogen (secondary N) is 2. The van der Waals surface area contributed by atoms with E-state index in [-0.39, 0.29) is 23.7 Å².